The molecule has 1 heterocycles. The summed E-state index contributed by atoms with van der Waals surface area (Å²) in [6.45, 7) is 0.176. The fourth-order valence-electron chi connectivity index (χ4n) is 0.848. The minimum Gasteiger partial charge on any atom is -0.476 e. The van der Waals surface area contributed by atoms with E-state index in [9.17, 15) is 13.2 Å². The molecule has 16 heavy (non-hydrogen) atoms. The van der Waals surface area contributed by atoms with E-state index in [1.165, 1.54) is 12.4 Å². The number of nitrogens with one attached hydrogen (secondary N) is 2. The topological polar surface area (TPSA) is 108 Å². The molecule has 1 aromatic rings. The van der Waals surface area contributed by atoms with E-state index < -0.39 is 16.0 Å². The zero-order valence-electron chi connectivity index (χ0n) is 8.43. The quantitative estimate of drug-likeness (QED) is 0.657. The molecule has 0 aliphatic rings. The van der Waals surface area contributed by atoms with E-state index in [2.05, 4.69) is 15.0 Å². The highest BCUT2D eigenvalue weighted by Crippen LogP contribution is 2.14. The van der Waals surface area contributed by atoms with E-state index in [4.69, 9.17) is 5.11 Å². The summed E-state index contributed by atoms with van der Waals surface area (Å²) >= 11 is 1.12. The second-order valence-corrected chi connectivity index (χ2v) is 5.70. The van der Waals surface area contributed by atoms with Crippen LogP contribution in [-0.2, 0) is 10.0 Å². The summed E-state index contributed by atoms with van der Waals surface area (Å²) in [7, 11) is -1.92. The zero-order valence-corrected chi connectivity index (χ0v) is 10.1. The Balaban J connectivity index is 2.46. The van der Waals surface area contributed by atoms with Crippen LogP contribution in [-0.4, -0.2) is 43.8 Å². The lowest BCUT2D eigenvalue weighted by molar-refractivity contribution is 0.0691. The molecule has 0 spiro atoms. The maximum atomic E-state index is 11.0. The minimum absolute atomic E-state index is 0.0519. The van der Waals surface area contributed by atoms with Gasteiger partial charge >= 0.3 is 5.97 Å². The van der Waals surface area contributed by atoms with Gasteiger partial charge in [0.05, 0.1) is 5.75 Å². The van der Waals surface area contributed by atoms with Crippen molar-refractivity contribution in [2.45, 2.75) is 0 Å². The Morgan fingerprint density at radius 3 is 2.81 bits per heavy atom. The summed E-state index contributed by atoms with van der Waals surface area (Å²) in [5, 5.41) is 13.1. The van der Waals surface area contributed by atoms with Crippen molar-refractivity contribution in [2.75, 3.05) is 24.7 Å². The first kappa shape index (κ1) is 12.9. The number of aromatic nitrogens is 1. The van der Waals surface area contributed by atoms with Crippen LogP contribution in [0.4, 0.5) is 5.13 Å². The zero-order chi connectivity index (χ0) is 12.2. The van der Waals surface area contributed by atoms with Gasteiger partial charge in [-0.05, 0) is 7.05 Å². The summed E-state index contributed by atoms with van der Waals surface area (Å²) < 4.78 is 24.3. The molecule has 0 amide bonds. The SMILES string of the molecule is CNS(=O)(=O)CCNc1nc(C(=O)O)cs1. The number of aromatic carboxylic acids is 1. The molecular weight excluding hydrogens is 254 g/mol. The average Bonchev–Trinajstić information content (AvgIpc) is 2.66. The molecule has 90 valence electrons. The molecule has 0 bridgehead atoms. The fraction of sp³-hybridized carbons (Fsp3) is 0.429. The molecule has 0 saturated heterocycles. The number of sulfonamides is 1. The number of hydrogen-bond acceptors (Lipinski definition) is 6. The highest BCUT2D eigenvalue weighted by Gasteiger charge is 2.10. The monoisotopic (exact) mass is 265 g/mol. The predicted molar refractivity (Wildman–Crippen MR) is 60.4 cm³/mol. The molecule has 0 aliphatic carbocycles. The molecule has 0 aliphatic heterocycles. The van der Waals surface area contributed by atoms with E-state index in [1.807, 2.05) is 0 Å². The van der Waals surface area contributed by atoms with E-state index in [-0.39, 0.29) is 18.0 Å². The van der Waals surface area contributed by atoms with Gasteiger partial charge in [-0.3, -0.25) is 0 Å². The van der Waals surface area contributed by atoms with E-state index >= 15 is 0 Å². The van der Waals surface area contributed by atoms with Gasteiger partial charge in [-0.25, -0.2) is 22.9 Å². The molecule has 7 nitrogen and oxygen atoms in total. The molecule has 0 atom stereocenters. The first-order valence-electron chi connectivity index (χ1n) is 4.28. The number of carboxylic acid groups (broad SMARTS) is 1. The molecule has 0 radical (unpaired) electrons. The third-order valence-electron chi connectivity index (χ3n) is 1.68. The first-order chi connectivity index (χ1) is 7.44. The van der Waals surface area contributed by atoms with Crippen LogP contribution in [0.5, 0.6) is 0 Å². The van der Waals surface area contributed by atoms with Gasteiger partial charge in [0.25, 0.3) is 0 Å². The number of anilines is 1. The van der Waals surface area contributed by atoms with Gasteiger partial charge in [-0.15, -0.1) is 11.3 Å². The van der Waals surface area contributed by atoms with Crippen LogP contribution in [0.3, 0.4) is 0 Å². The molecule has 9 heteroatoms. The Hall–Kier alpha value is -1.19. The van der Waals surface area contributed by atoms with Gasteiger partial charge < -0.3 is 10.4 Å². The van der Waals surface area contributed by atoms with Crippen LogP contribution >= 0.6 is 11.3 Å². The molecule has 0 unspecified atom stereocenters. The van der Waals surface area contributed by atoms with Crippen LogP contribution in [0, 0.1) is 0 Å². The van der Waals surface area contributed by atoms with Gasteiger partial charge in [0, 0.05) is 11.9 Å². The Morgan fingerprint density at radius 2 is 2.31 bits per heavy atom. The summed E-state index contributed by atoms with van der Waals surface area (Å²) in [6.07, 6.45) is 0. The molecule has 3 N–H and O–H groups in total. The van der Waals surface area contributed by atoms with Gasteiger partial charge in [0.15, 0.2) is 10.8 Å². The number of hydrogen-bond donors (Lipinski definition) is 3. The Labute approximate surface area is 96.6 Å². The standard InChI is InChI=1S/C7H11N3O4S2/c1-8-16(13,14)3-2-9-7-10-5(4-15-7)6(11)12/h4,8H,2-3H2,1H3,(H,9,10)(H,11,12). The van der Waals surface area contributed by atoms with Crippen molar-refractivity contribution >= 4 is 32.5 Å². The minimum atomic E-state index is -3.25. The van der Waals surface area contributed by atoms with E-state index in [0.717, 1.165) is 11.3 Å². The van der Waals surface area contributed by atoms with Crippen molar-refractivity contribution < 1.29 is 18.3 Å². The van der Waals surface area contributed by atoms with Crippen LogP contribution in [0.15, 0.2) is 5.38 Å². The molecule has 0 aromatic carbocycles. The van der Waals surface area contributed by atoms with Crippen LogP contribution < -0.4 is 10.0 Å². The third-order valence-corrected chi connectivity index (χ3v) is 3.84. The smallest absolute Gasteiger partial charge is 0.355 e. The predicted octanol–water partition coefficient (Wildman–Crippen LogP) is -0.198. The summed E-state index contributed by atoms with van der Waals surface area (Å²) in [6, 6.07) is 0. The van der Waals surface area contributed by atoms with E-state index in [0.29, 0.717) is 5.13 Å². The van der Waals surface area contributed by atoms with E-state index in [1.54, 1.807) is 0 Å². The molecule has 0 saturated carbocycles. The number of nitrogens with zero attached hydrogens (tertiary/aromatic N) is 1. The number of carboxylic acids is 1. The maximum Gasteiger partial charge on any atom is 0.355 e. The highest BCUT2D eigenvalue weighted by atomic mass is 32.2. The lowest BCUT2D eigenvalue weighted by Gasteiger charge is -2.02. The number of rotatable bonds is 6. The second kappa shape index (κ2) is 5.23. The molecular formula is C7H11N3O4S2. The van der Waals surface area contributed by atoms with Gasteiger partial charge in [-0.2, -0.15) is 0 Å². The molecule has 1 rings (SSSR count). The summed E-state index contributed by atoms with van der Waals surface area (Å²) in [5.74, 6) is -1.20. The normalized spacial score (nSPS) is 11.3. The van der Waals surface area contributed by atoms with Crippen molar-refractivity contribution in [2.24, 2.45) is 0 Å². The van der Waals surface area contributed by atoms with Crippen LogP contribution in [0.2, 0.25) is 0 Å². The average molecular weight is 265 g/mol. The van der Waals surface area contributed by atoms with Crippen molar-refractivity contribution in [3.8, 4) is 0 Å². The fourth-order valence-corrected chi connectivity index (χ4v) is 2.14. The van der Waals surface area contributed by atoms with Crippen LogP contribution in [0.25, 0.3) is 0 Å². The highest BCUT2D eigenvalue weighted by molar-refractivity contribution is 7.89. The first-order valence-corrected chi connectivity index (χ1v) is 6.82. The summed E-state index contributed by atoms with van der Waals surface area (Å²) in [5.41, 5.74) is -0.0519. The van der Waals surface area contributed by atoms with Crippen molar-refractivity contribution in [1.82, 2.24) is 9.71 Å². The Kier molecular flexibility index (Phi) is 4.21. The Morgan fingerprint density at radius 1 is 1.62 bits per heavy atom. The van der Waals surface area contributed by atoms with Crippen molar-refractivity contribution in [1.29, 1.82) is 0 Å². The summed E-state index contributed by atoms with van der Waals surface area (Å²) in [4.78, 5) is 14.3. The van der Waals surface area contributed by atoms with Gasteiger partial charge in [0.2, 0.25) is 10.0 Å². The van der Waals surface area contributed by atoms with Gasteiger partial charge in [-0.1, -0.05) is 0 Å². The largest absolute Gasteiger partial charge is 0.476 e. The maximum absolute atomic E-state index is 11.0. The Bertz CT molecular complexity index is 468. The van der Waals surface area contributed by atoms with Crippen LogP contribution in [0.1, 0.15) is 10.5 Å². The molecule has 1 aromatic heterocycles. The second-order valence-electron chi connectivity index (χ2n) is 2.79. The van der Waals surface area contributed by atoms with Crippen molar-refractivity contribution in [3.05, 3.63) is 11.1 Å². The lowest BCUT2D eigenvalue weighted by Crippen LogP contribution is -2.26. The van der Waals surface area contributed by atoms with Crippen molar-refractivity contribution in [3.63, 3.8) is 0 Å². The lowest BCUT2D eigenvalue weighted by atomic mass is 10.5. The molecule has 0 fully saturated rings. The number of thiazole rings is 1. The number of carbonyl (C=O) groups is 1. The third kappa shape index (κ3) is 3.76. The van der Waals surface area contributed by atoms with Gasteiger partial charge in [0.1, 0.15) is 0 Å².